The average molecular weight is 263 g/mol. The molecule has 0 saturated heterocycles. The molecule has 1 amide bonds. The molecule has 0 bridgehead atoms. The summed E-state index contributed by atoms with van der Waals surface area (Å²) in [6, 6.07) is 0. The summed E-state index contributed by atoms with van der Waals surface area (Å²) >= 11 is 1.61. The fourth-order valence-electron chi connectivity index (χ4n) is 1.26. The molecule has 2 N–H and O–H groups in total. The molecule has 0 spiro atoms. The highest BCUT2D eigenvalue weighted by Gasteiger charge is 2.21. The van der Waals surface area contributed by atoms with E-state index in [0.29, 0.717) is 6.54 Å². The second-order valence-electron chi connectivity index (χ2n) is 3.86. The SMILES string of the molecule is CCSC(C(=O)NCCOCC(=O)O)C(C)C. The standard InChI is InChI=1S/C11H21NO4S/c1-4-17-10(8(2)3)11(15)12-5-6-16-7-9(13)14/h8,10H,4-7H2,1-3H3,(H,12,15)(H,13,14). The van der Waals surface area contributed by atoms with Crippen LogP contribution < -0.4 is 5.32 Å². The number of ether oxygens (including phenoxy) is 1. The maximum atomic E-state index is 11.8. The van der Waals surface area contributed by atoms with Gasteiger partial charge in [0.1, 0.15) is 6.61 Å². The normalized spacial score (nSPS) is 12.5. The number of carboxylic acids is 1. The summed E-state index contributed by atoms with van der Waals surface area (Å²) in [5, 5.41) is 11.0. The van der Waals surface area contributed by atoms with Crippen LogP contribution in [-0.4, -0.2) is 47.7 Å². The molecule has 0 aliphatic carbocycles. The van der Waals surface area contributed by atoms with E-state index in [-0.39, 0.29) is 30.3 Å². The Morgan fingerprint density at radius 2 is 2.06 bits per heavy atom. The van der Waals surface area contributed by atoms with E-state index in [1.54, 1.807) is 11.8 Å². The first-order valence-corrected chi connectivity index (χ1v) is 6.72. The summed E-state index contributed by atoms with van der Waals surface area (Å²) in [5.74, 6) is 0.162. The lowest BCUT2D eigenvalue weighted by Crippen LogP contribution is -2.37. The van der Waals surface area contributed by atoms with E-state index in [0.717, 1.165) is 5.75 Å². The van der Waals surface area contributed by atoms with Crippen molar-refractivity contribution in [3.05, 3.63) is 0 Å². The minimum Gasteiger partial charge on any atom is -0.480 e. The molecule has 0 saturated carbocycles. The number of carbonyl (C=O) groups excluding carboxylic acids is 1. The third kappa shape index (κ3) is 8.04. The van der Waals surface area contributed by atoms with Gasteiger partial charge in [-0.3, -0.25) is 4.79 Å². The van der Waals surface area contributed by atoms with Crippen molar-refractivity contribution in [2.45, 2.75) is 26.0 Å². The Labute approximate surface area is 106 Å². The van der Waals surface area contributed by atoms with Crippen LogP contribution in [-0.2, 0) is 14.3 Å². The Morgan fingerprint density at radius 1 is 1.41 bits per heavy atom. The van der Waals surface area contributed by atoms with Crippen LogP contribution in [0.15, 0.2) is 0 Å². The van der Waals surface area contributed by atoms with Gasteiger partial charge in [-0.25, -0.2) is 4.79 Å². The number of amides is 1. The van der Waals surface area contributed by atoms with Gasteiger partial charge in [-0.15, -0.1) is 11.8 Å². The van der Waals surface area contributed by atoms with Crippen molar-refractivity contribution in [1.29, 1.82) is 0 Å². The van der Waals surface area contributed by atoms with Gasteiger partial charge < -0.3 is 15.2 Å². The number of thioether (sulfide) groups is 1. The summed E-state index contributed by atoms with van der Waals surface area (Å²) in [4.78, 5) is 21.9. The van der Waals surface area contributed by atoms with E-state index < -0.39 is 5.97 Å². The number of carboxylic acid groups (broad SMARTS) is 1. The van der Waals surface area contributed by atoms with E-state index in [4.69, 9.17) is 9.84 Å². The molecular weight excluding hydrogens is 242 g/mol. The highest BCUT2D eigenvalue weighted by Crippen LogP contribution is 2.18. The predicted octanol–water partition coefficient (Wildman–Crippen LogP) is 0.981. The Morgan fingerprint density at radius 3 is 2.53 bits per heavy atom. The predicted molar refractivity (Wildman–Crippen MR) is 68.2 cm³/mol. The highest BCUT2D eigenvalue weighted by molar-refractivity contribution is 8.00. The van der Waals surface area contributed by atoms with Crippen molar-refractivity contribution in [2.24, 2.45) is 5.92 Å². The zero-order valence-electron chi connectivity index (χ0n) is 10.6. The lowest BCUT2D eigenvalue weighted by Gasteiger charge is -2.18. The third-order valence-electron chi connectivity index (χ3n) is 1.98. The van der Waals surface area contributed by atoms with Crippen LogP contribution in [0, 0.1) is 5.92 Å². The van der Waals surface area contributed by atoms with Gasteiger partial charge in [-0.2, -0.15) is 0 Å². The van der Waals surface area contributed by atoms with Gasteiger partial charge in [0.05, 0.1) is 11.9 Å². The number of rotatable bonds is 9. The second kappa shape index (κ2) is 9.30. The van der Waals surface area contributed by atoms with Gasteiger partial charge >= 0.3 is 5.97 Å². The zero-order valence-corrected chi connectivity index (χ0v) is 11.4. The molecule has 0 rings (SSSR count). The molecule has 0 fully saturated rings. The fourth-order valence-corrected chi connectivity index (χ4v) is 2.24. The van der Waals surface area contributed by atoms with E-state index >= 15 is 0 Å². The summed E-state index contributed by atoms with van der Waals surface area (Å²) in [5.41, 5.74) is 0. The first kappa shape index (κ1) is 16.2. The molecule has 100 valence electrons. The highest BCUT2D eigenvalue weighted by atomic mass is 32.2. The number of nitrogens with one attached hydrogen (secondary N) is 1. The van der Waals surface area contributed by atoms with Crippen LogP contribution in [0.2, 0.25) is 0 Å². The maximum Gasteiger partial charge on any atom is 0.329 e. The molecular formula is C11H21NO4S. The van der Waals surface area contributed by atoms with Crippen LogP contribution in [0.3, 0.4) is 0 Å². The summed E-state index contributed by atoms with van der Waals surface area (Å²) < 4.78 is 4.82. The van der Waals surface area contributed by atoms with Crippen molar-refractivity contribution < 1.29 is 19.4 Å². The van der Waals surface area contributed by atoms with Crippen LogP contribution in [0.4, 0.5) is 0 Å². The van der Waals surface area contributed by atoms with Crippen molar-refractivity contribution in [3.8, 4) is 0 Å². The third-order valence-corrected chi connectivity index (χ3v) is 3.43. The Hall–Kier alpha value is -0.750. The summed E-state index contributed by atoms with van der Waals surface area (Å²) in [6.45, 7) is 6.28. The summed E-state index contributed by atoms with van der Waals surface area (Å²) in [7, 11) is 0. The molecule has 6 heteroatoms. The molecule has 0 radical (unpaired) electrons. The number of hydrogen-bond donors (Lipinski definition) is 2. The van der Waals surface area contributed by atoms with Gasteiger partial charge in [0.15, 0.2) is 0 Å². The molecule has 5 nitrogen and oxygen atoms in total. The minimum atomic E-state index is -1.00. The van der Waals surface area contributed by atoms with Gasteiger partial charge in [0, 0.05) is 6.54 Å². The molecule has 0 aromatic rings. The van der Waals surface area contributed by atoms with E-state index in [1.807, 2.05) is 20.8 Å². The topological polar surface area (TPSA) is 75.6 Å². The Kier molecular flexibility index (Phi) is 8.89. The minimum absolute atomic E-state index is 0.00854. The van der Waals surface area contributed by atoms with E-state index in [1.165, 1.54) is 0 Å². The molecule has 0 aromatic carbocycles. The van der Waals surface area contributed by atoms with Crippen LogP contribution in [0.25, 0.3) is 0 Å². The van der Waals surface area contributed by atoms with Crippen molar-refractivity contribution in [1.82, 2.24) is 5.32 Å². The Bertz CT molecular complexity index is 246. The van der Waals surface area contributed by atoms with Gasteiger partial charge in [-0.1, -0.05) is 20.8 Å². The van der Waals surface area contributed by atoms with Gasteiger partial charge in [0.2, 0.25) is 5.91 Å². The van der Waals surface area contributed by atoms with Crippen molar-refractivity contribution >= 4 is 23.6 Å². The van der Waals surface area contributed by atoms with Crippen LogP contribution in [0.5, 0.6) is 0 Å². The number of hydrogen-bond acceptors (Lipinski definition) is 4. The molecule has 17 heavy (non-hydrogen) atoms. The molecule has 1 atom stereocenters. The fraction of sp³-hybridized carbons (Fsp3) is 0.818. The van der Waals surface area contributed by atoms with Gasteiger partial charge in [-0.05, 0) is 11.7 Å². The van der Waals surface area contributed by atoms with Crippen molar-refractivity contribution in [3.63, 3.8) is 0 Å². The first-order chi connectivity index (χ1) is 7.99. The van der Waals surface area contributed by atoms with Crippen LogP contribution in [0.1, 0.15) is 20.8 Å². The maximum absolute atomic E-state index is 11.8. The molecule has 0 heterocycles. The molecule has 1 unspecified atom stereocenters. The number of aliphatic carboxylic acids is 1. The first-order valence-electron chi connectivity index (χ1n) is 5.67. The lowest BCUT2D eigenvalue weighted by molar-refractivity contribution is -0.142. The van der Waals surface area contributed by atoms with Gasteiger partial charge in [0.25, 0.3) is 0 Å². The quantitative estimate of drug-likeness (QED) is 0.607. The smallest absolute Gasteiger partial charge is 0.329 e. The number of carbonyl (C=O) groups is 2. The Balaban J connectivity index is 3.78. The molecule has 0 aromatic heterocycles. The second-order valence-corrected chi connectivity index (χ2v) is 5.28. The average Bonchev–Trinajstić information content (AvgIpc) is 2.24. The van der Waals surface area contributed by atoms with Crippen molar-refractivity contribution in [2.75, 3.05) is 25.5 Å². The monoisotopic (exact) mass is 263 g/mol. The molecule has 0 aliphatic rings. The van der Waals surface area contributed by atoms with E-state index in [2.05, 4.69) is 5.32 Å². The van der Waals surface area contributed by atoms with Crippen LogP contribution >= 0.6 is 11.8 Å². The molecule has 0 aliphatic heterocycles. The summed E-state index contributed by atoms with van der Waals surface area (Å²) in [6.07, 6.45) is 0. The van der Waals surface area contributed by atoms with E-state index in [9.17, 15) is 9.59 Å². The largest absolute Gasteiger partial charge is 0.480 e. The lowest BCUT2D eigenvalue weighted by atomic mass is 10.1. The zero-order chi connectivity index (χ0) is 13.3.